The van der Waals surface area contributed by atoms with Gasteiger partial charge in [-0.05, 0) is 24.1 Å². The van der Waals surface area contributed by atoms with Gasteiger partial charge in [-0.2, -0.15) is 0 Å². The maximum Gasteiger partial charge on any atom is 0.409 e. The van der Waals surface area contributed by atoms with Gasteiger partial charge in [-0.1, -0.05) is 12.1 Å². The molecule has 0 aliphatic carbocycles. The molecule has 1 aromatic carbocycles. The number of hydrogen-bond donors (Lipinski definition) is 1. The largest absolute Gasteiger partial charge is 0.453 e. The minimum atomic E-state index is -0.933. The lowest BCUT2D eigenvalue weighted by Crippen LogP contribution is -2.34. The molecule has 2 atom stereocenters. The first-order chi connectivity index (χ1) is 9.60. The maximum absolute atomic E-state index is 11.4. The molecule has 1 aliphatic heterocycles. The van der Waals surface area contributed by atoms with Crippen molar-refractivity contribution in [1.82, 2.24) is 10.2 Å². The zero-order chi connectivity index (χ0) is 14.5. The summed E-state index contributed by atoms with van der Waals surface area (Å²) >= 11 is 0. The van der Waals surface area contributed by atoms with Crippen LogP contribution in [0.1, 0.15) is 12.0 Å². The number of nitrogens with one attached hydrogen (secondary N) is 1. The highest BCUT2D eigenvalue weighted by atomic mass is 32.2. The van der Waals surface area contributed by atoms with Crippen molar-refractivity contribution in [2.75, 3.05) is 26.5 Å². The van der Waals surface area contributed by atoms with Gasteiger partial charge in [0.05, 0.1) is 7.11 Å². The van der Waals surface area contributed by atoms with Crippen LogP contribution < -0.4 is 5.32 Å². The Morgan fingerprint density at radius 1 is 1.45 bits per heavy atom. The third kappa shape index (κ3) is 3.80. The number of methoxy groups -OCH3 is 1. The first-order valence-electron chi connectivity index (χ1n) is 6.59. The lowest BCUT2D eigenvalue weighted by molar-refractivity contribution is 0.132. The molecule has 1 amide bonds. The zero-order valence-electron chi connectivity index (χ0n) is 11.8. The Labute approximate surface area is 121 Å². The van der Waals surface area contributed by atoms with Crippen molar-refractivity contribution in [3.63, 3.8) is 0 Å². The Hall–Kier alpha value is -1.40. The van der Waals surface area contributed by atoms with Crippen molar-refractivity contribution in [3.05, 3.63) is 29.8 Å². The molecular formula is C14H20N2O3S. The van der Waals surface area contributed by atoms with Gasteiger partial charge in [-0.15, -0.1) is 0 Å². The number of rotatable bonds is 4. The highest BCUT2D eigenvalue weighted by Gasteiger charge is 2.26. The monoisotopic (exact) mass is 296 g/mol. The van der Waals surface area contributed by atoms with E-state index in [-0.39, 0.29) is 6.09 Å². The van der Waals surface area contributed by atoms with Gasteiger partial charge < -0.3 is 15.0 Å². The number of nitrogens with zero attached hydrogens (tertiary/aromatic N) is 1. The molecule has 6 heteroatoms. The number of benzene rings is 1. The Kier molecular flexibility index (Phi) is 5.14. The minimum absolute atomic E-state index is 0.260. The molecule has 0 bridgehead atoms. The second kappa shape index (κ2) is 6.85. The van der Waals surface area contributed by atoms with Crippen LogP contribution in [0.25, 0.3) is 0 Å². The Morgan fingerprint density at radius 3 is 2.75 bits per heavy atom. The molecule has 0 unspecified atom stereocenters. The summed E-state index contributed by atoms with van der Waals surface area (Å²) in [6.45, 7) is 2.16. The van der Waals surface area contributed by atoms with Crippen LogP contribution in [0.15, 0.2) is 29.2 Å². The molecular weight excluding hydrogens is 276 g/mol. The van der Waals surface area contributed by atoms with Crippen molar-refractivity contribution < 1.29 is 13.7 Å². The van der Waals surface area contributed by atoms with Gasteiger partial charge in [-0.3, -0.25) is 4.21 Å². The van der Waals surface area contributed by atoms with Gasteiger partial charge in [0.15, 0.2) is 0 Å². The van der Waals surface area contributed by atoms with Gasteiger partial charge in [0.2, 0.25) is 0 Å². The molecule has 20 heavy (non-hydrogen) atoms. The fraction of sp³-hybridized carbons (Fsp3) is 0.500. The topological polar surface area (TPSA) is 58.6 Å². The number of carbonyl (C=O) groups excluding carboxylic acids is 1. The second-order valence-electron chi connectivity index (χ2n) is 4.88. The Bertz CT molecular complexity index is 490. The van der Waals surface area contributed by atoms with E-state index in [4.69, 9.17) is 4.74 Å². The third-order valence-electron chi connectivity index (χ3n) is 3.47. The molecule has 1 aromatic rings. The van der Waals surface area contributed by atoms with Crippen LogP contribution >= 0.6 is 0 Å². The zero-order valence-corrected chi connectivity index (χ0v) is 12.6. The number of amides is 1. The summed E-state index contributed by atoms with van der Waals surface area (Å²) in [6.07, 6.45) is 2.35. The van der Waals surface area contributed by atoms with Gasteiger partial charge >= 0.3 is 6.09 Å². The van der Waals surface area contributed by atoms with Crippen molar-refractivity contribution in [1.29, 1.82) is 0 Å². The van der Waals surface area contributed by atoms with Crippen LogP contribution in [0, 0.1) is 0 Å². The van der Waals surface area contributed by atoms with Crippen LogP contribution in [0.4, 0.5) is 4.79 Å². The summed E-state index contributed by atoms with van der Waals surface area (Å²) in [5.74, 6) is 0. The van der Waals surface area contributed by atoms with Crippen LogP contribution in [-0.4, -0.2) is 47.7 Å². The fourth-order valence-electron chi connectivity index (χ4n) is 2.28. The predicted molar refractivity (Wildman–Crippen MR) is 78.0 cm³/mol. The molecule has 1 fully saturated rings. The average Bonchev–Trinajstić information content (AvgIpc) is 2.93. The molecule has 0 saturated carbocycles. The quantitative estimate of drug-likeness (QED) is 0.911. The number of ether oxygens (including phenoxy) is 1. The number of hydrogen-bond acceptors (Lipinski definition) is 4. The highest BCUT2D eigenvalue weighted by Crippen LogP contribution is 2.12. The molecule has 1 N–H and O–H groups in total. The summed E-state index contributed by atoms with van der Waals surface area (Å²) < 4.78 is 16.0. The van der Waals surface area contributed by atoms with E-state index < -0.39 is 10.8 Å². The predicted octanol–water partition coefficient (Wildman–Crippen LogP) is 1.35. The van der Waals surface area contributed by atoms with Gasteiger partial charge in [0.1, 0.15) is 0 Å². The first-order valence-corrected chi connectivity index (χ1v) is 8.14. The molecule has 0 radical (unpaired) electrons. The summed E-state index contributed by atoms with van der Waals surface area (Å²) in [6, 6.07) is 8.05. The molecule has 110 valence electrons. The SMILES string of the molecule is COC(=O)N1CC[C@H](NCc2ccc([S@](C)=O)cc2)C1. The Balaban J connectivity index is 1.81. The van der Waals surface area contributed by atoms with E-state index in [0.717, 1.165) is 30.0 Å². The van der Waals surface area contributed by atoms with Crippen molar-refractivity contribution in [2.45, 2.75) is 23.9 Å². The average molecular weight is 296 g/mol. The molecule has 1 saturated heterocycles. The summed E-state index contributed by atoms with van der Waals surface area (Å²) in [5, 5.41) is 3.43. The Morgan fingerprint density at radius 2 is 2.15 bits per heavy atom. The normalized spacial score (nSPS) is 19.9. The van der Waals surface area contributed by atoms with E-state index in [9.17, 15) is 9.00 Å². The smallest absolute Gasteiger partial charge is 0.409 e. The van der Waals surface area contributed by atoms with E-state index >= 15 is 0 Å². The minimum Gasteiger partial charge on any atom is -0.453 e. The van der Waals surface area contributed by atoms with Crippen molar-refractivity contribution >= 4 is 16.9 Å². The first kappa shape index (κ1) is 15.0. The fourth-order valence-corrected chi connectivity index (χ4v) is 2.80. The van der Waals surface area contributed by atoms with Crippen LogP contribution in [0.2, 0.25) is 0 Å². The number of likely N-dealkylation sites (tertiary alicyclic amines) is 1. The molecule has 2 rings (SSSR count). The lowest BCUT2D eigenvalue weighted by atomic mass is 10.2. The highest BCUT2D eigenvalue weighted by molar-refractivity contribution is 7.84. The van der Waals surface area contributed by atoms with Crippen LogP contribution in [-0.2, 0) is 22.1 Å². The molecule has 1 aliphatic rings. The second-order valence-corrected chi connectivity index (χ2v) is 6.26. The van der Waals surface area contributed by atoms with Gasteiger partial charge in [0.25, 0.3) is 0 Å². The van der Waals surface area contributed by atoms with Crippen molar-refractivity contribution in [3.8, 4) is 0 Å². The van der Waals surface area contributed by atoms with E-state index in [1.54, 1.807) is 11.2 Å². The number of carbonyl (C=O) groups is 1. The molecule has 1 heterocycles. The summed E-state index contributed by atoms with van der Waals surface area (Å²) in [7, 11) is 0.472. The lowest BCUT2D eigenvalue weighted by Gasteiger charge is -2.15. The third-order valence-corrected chi connectivity index (χ3v) is 4.41. The summed E-state index contributed by atoms with van der Waals surface area (Å²) in [5.41, 5.74) is 1.15. The van der Waals surface area contributed by atoms with Crippen LogP contribution in [0.5, 0.6) is 0 Å². The van der Waals surface area contributed by atoms with Crippen LogP contribution in [0.3, 0.4) is 0 Å². The maximum atomic E-state index is 11.4. The van der Waals surface area contributed by atoms with E-state index in [1.165, 1.54) is 7.11 Å². The van der Waals surface area contributed by atoms with Gasteiger partial charge in [-0.25, -0.2) is 4.79 Å². The standard InChI is InChI=1S/C14H20N2O3S/c1-19-14(17)16-8-7-12(10-16)15-9-11-3-5-13(6-4-11)20(2)18/h3-6,12,15H,7-10H2,1-2H3/t12-,20-/m0/s1. The van der Waals surface area contributed by atoms with Crippen molar-refractivity contribution in [2.24, 2.45) is 0 Å². The molecule has 0 spiro atoms. The molecule has 5 nitrogen and oxygen atoms in total. The van der Waals surface area contributed by atoms with Gasteiger partial charge in [0, 0.05) is 47.6 Å². The van der Waals surface area contributed by atoms with E-state index in [0.29, 0.717) is 12.6 Å². The summed E-state index contributed by atoms with van der Waals surface area (Å²) in [4.78, 5) is 13.9. The molecule has 0 aromatic heterocycles. The van der Waals surface area contributed by atoms with E-state index in [2.05, 4.69) is 5.32 Å². The van der Waals surface area contributed by atoms with E-state index in [1.807, 2.05) is 24.3 Å².